The number of fused-ring (bicyclic) bond motifs is 2. The van der Waals surface area contributed by atoms with Crippen LogP contribution in [-0.4, -0.2) is 64.7 Å². The average molecular weight is 409 g/mol. The number of benzene rings is 1. The number of ether oxygens (including phenoxy) is 1. The zero-order valence-corrected chi connectivity index (χ0v) is 17.9. The molecule has 3 aliphatic heterocycles. The van der Waals surface area contributed by atoms with E-state index in [0.717, 1.165) is 71.6 Å². The third-order valence-corrected chi connectivity index (χ3v) is 7.39. The minimum Gasteiger partial charge on any atom is -0.381 e. The van der Waals surface area contributed by atoms with Crippen molar-refractivity contribution >= 4 is 5.91 Å². The molecule has 0 N–H and O–H groups in total. The third-order valence-electron chi connectivity index (χ3n) is 7.39. The summed E-state index contributed by atoms with van der Waals surface area (Å²) in [7, 11) is 0. The molecule has 1 aromatic heterocycles. The van der Waals surface area contributed by atoms with Crippen LogP contribution in [0, 0.1) is 5.92 Å². The first-order valence-electron chi connectivity index (χ1n) is 11.5. The number of hydrogen-bond acceptors (Lipinski definition) is 4. The van der Waals surface area contributed by atoms with Gasteiger partial charge in [-0.1, -0.05) is 37.3 Å². The van der Waals surface area contributed by atoms with Gasteiger partial charge in [-0.3, -0.25) is 9.69 Å². The Morgan fingerprint density at radius 2 is 1.83 bits per heavy atom. The molecule has 3 aliphatic rings. The van der Waals surface area contributed by atoms with Crippen LogP contribution < -0.4 is 0 Å². The molecule has 0 atom stereocenters. The summed E-state index contributed by atoms with van der Waals surface area (Å²) in [5, 5.41) is 0. The van der Waals surface area contributed by atoms with E-state index in [9.17, 15) is 4.79 Å². The highest BCUT2D eigenvalue weighted by atomic mass is 16.5. The summed E-state index contributed by atoms with van der Waals surface area (Å²) in [4.78, 5) is 22.7. The van der Waals surface area contributed by atoms with E-state index in [-0.39, 0.29) is 11.5 Å². The number of piperidine rings is 1. The van der Waals surface area contributed by atoms with Gasteiger partial charge in [0.25, 0.3) is 0 Å². The topological polar surface area (TPSA) is 50.6 Å². The van der Waals surface area contributed by atoms with Crippen molar-refractivity contribution in [3.05, 3.63) is 42.4 Å². The molecule has 30 heavy (non-hydrogen) atoms. The van der Waals surface area contributed by atoms with Crippen LogP contribution in [0.1, 0.15) is 38.4 Å². The van der Waals surface area contributed by atoms with Crippen molar-refractivity contribution in [2.45, 2.75) is 44.7 Å². The van der Waals surface area contributed by atoms with Crippen LogP contribution in [0.5, 0.6) is 0 Å². The Morgan fingerprint density at radius 3 is 2.53 bits per heavy atom. The SMILES string of the molecule is CCN1CCn2c(-c3ccccc3)cnc2C12CCN(C(=O)C1CCOCC1)CC2. The monoisotopic (exact) mass is 408 g/mol. The first-order chi connectivity index (χ1) is 14.7. The largest absolute Gasteiger partial charge is 0.381 e. The fourth-order valence-electron chi connectivity index (χ4n) is 5.69. The number of carbonyl (C=O) groups is 1. The normalized spacial score (nSPS) is 22.2. The maximum absolute atomic E-state index is 13.0. The number of aromatic nitrogens is 2. The second kappa shape index (κ2) is 8.16. The summed E-state index contributed by atoms with van der Waals surface area (Å²) in [5.41, 5.74) is 2.37. The van der Waals surface area contributed by atoms with Crippen LogP contribution in [0.15, 0.2) is 36.5 Å². The Labute approximate surface area is 178 Å². The molecule has 4 heterocycles. The lowest BCUT2D eigenvalue weighted by molar-refractivity contribution is -0.142. The molecule has 1 spiro atoms. The molecule has 0 unspecified atom stereocenters. The Morgan fingerprint density at radius 1 is 1.10 bits per heavy atom. The van der Waals surface area contributed by atoms with Gasteiger partial charge < -0.3 is 14.2 Å². The Bertz CT molecular complexity index is 880. The molecule has 0 bridgehead atoms. The van der Waals surface area contributed by atoms with E-state index >= 15 is 0 Å². The van der Waals surface area contributed by atoms with Crippen LogP contribution in [-0.2, 0) is 21.6 Å². The number of hydrogen-bond donors (Lipinski definition) is 0. The fourth-order valence-corrected chi connectivity index (χ4v) is 5.69. The molecule has 5 rings (SSSR count). The van der Waals surface area contributed by atoms with Gasteiger partial charge in [0.2, 0.25) is 5.91 Å². The summed E-state index contributed by atoms with van der Waals surface area (Å²) < 4.78 is 7.87. The smallest absolute Gasteiger partial charge is 0.225 e. The summed E-state index contributed by atoms with van der Waals surface area (Å²) in [6, 6.07) is 10.6. The van der Waals surface area contributed by atoms with E-state index in [1.807, 2.05) is 6.20 Å². The summed E-state index contributed by atoms with van der Waals surface area (Å²) in [6.45, 7) is 8.35. The highest BCUT2D eigenvalue weighted by Crippen LogP contribution is 2.42. The molecular formula is C24H32N4O2. The molecule has 0 radical (unpaired) electrons. The van der Waals surface area contributed by atoms with Gasteiger partial charge in [0.15, 0.2) is 0 Å². The van der Waals surface area contributed by atoms with E-state index in [0.29, 0.717) is 5.91 Å². The van der Waals surface area contributed by atoms with Gasteiger partial charge >= 0.3 is 0 Å². The van der Waals surface area contributed by atoms with Gasteiger partial charge in [-0.2, -0.15) is 0 Å². The highest BCUT2D eigenvalue weighted by Gasteiger charge is 2.47. The first-order valence-corrected chi connectivity index (χ1v) is 11.5. The molecule has 6 nitrogen and oxygen atoms in total. The number of rotatable bonds is 3. The molecule has 1 aromatic carbocycles. The maximum Gasteiger partial charge on any atom is 0.225 e. The molecule has 0 aliphatic carbocycles. The quantitative estimate of drug-likeness (QED) is 0.783. The minimum atomic E-state index is -0.0630. The Hall–Kier alpha value is -2.18. The molecule has 2 aromatic rings. The number of likely N-dealkylation sites (N-methyl/N-ethyl adjacent to an activating group) is 1. The standard InChI is InChI=1S/C24H32N4O2/c1-2-27-14-15-28-21(19-6-4-3-5-7-19)18-25-23(28)24(27)10-12-26(13-11-24)22(29)20-8-16-30-17-9-20/h3-7,18,20H,2,8-17H2,1H3. The van der Waals surface area contributed by atoms with E-state index in [2.05, 4.69) is 51.6 Å². The molecule has 2 saturated heterocycles. The molecule has 160 valence electrons. The molecule has 1 amide bonds. The van der Waals surface area contributed by atoms with Gasteiger partial charge in [0.1, 0.15) is 5.82 Å². The number of likely N-dealkylation sites (tertiary alicyclic amines) is 1. The molecule has 2 fully saturated rings. The summed E-state index contributed by atoms with van der Waals surface area (Å²) >= 11 is 0. The molecular weight excluding hydrogens is 376 g/mol. The predicted molar refractivity (Wildman–Crippen MR) is 116 cm³/mol. The van der Waals surface area contributed by atoms with Crippen LogP contribution in [0.25, 0.3) is 11.3 Å². The minimum absolute atomic E-state index is 0.0630. The summed E-state index contributed by atoms with van der Waals surface area (Å²) in [5.74, 6) is 1.67. The number of nitrogens with zero attached hydrogens (tertiary/aromatic N) is 4. The lowest BCUT2D eigenvalue weighted by atomic mass is 9.82. The van der Waals surface area contributed by atoms with Crippen LogP contribution in [0.4, 0.5) is 0 Å². The highest BCUT2D eigenvalue weighted by molar-refractivity contribution is 5.79. The lowest BCUT2D eigenvalue weighted by Crippen LogP contribution is -2.58. The van der Waals surface area contributed by atoms with Crippen LogP contribution >= 0.6 is 0 Å². The lowest BCUT2D eigenvalue weighted by Gasteiger charge is -2.51. The fraction of sp³-hybridized carbons (Fsp3) is 0.583. The van der Waals surface area contributed by atoms with Crippen molar-refractivity contribution in [1.29, 1.82) is 0 Å². The van der Waals surface area contributed by atoms with Crippen molar-refractivity contribution in [1.82, 2.24) is 19.4 Å². The van der Waals surface area contributed by atoms with Crippen molar-refractivity contribution in [2.75, 3.05) is 39.4 Å². The molecule has 0 saturated carbocycles. The second-order valence-electron chi connectivity index (χ2n) is 8.81. The first kappa shape index (κ1) is 19.8. The van der Waals surface area contributed by atoms with Gasteiger partial charge in [0.05, 0.1) is 17.4 Å². The second-order valence-corrected chi connectivity index (χ2v) is 8.81. The van der Waals surface area contributed by atoms with E-state index in [1.165, 1.54) is 17.1 Å². The van der Waals surface area contributed by atoms with Crippen molar-refractivity contribution in [3.63, 3.8) is 0 Å². The van der Waals surface area contributed by atoms with Gasteiger partial charge in [-0.25, -0.2) is 4.98 Å². The average Bonchev–Trinajstić information content (AvgIpc) is 3.26. The zero-order chi connectivity index (χ0) is 20.6. The van der Waals surface area contributed by atoms with Gasteiger partial charge in [-0.05, 0) is 37.8 Å². The van der Waals surface area contributed by atoms with Crippen molar-refractivity contribution in [2.24, 2.45) is 5.92 Å². The molecule has 6 heteroatoms. The van der Waals surface area contributed by atoms with Crippen LogP contribution in [0.2, 0.25) is 0 Å². The Kier molecular flexibility index (Phi) is 5.37. The number of carbonyl (C=O) groups excluding carboxylic acids is 1. The number of imidazole rings is 1. The van der Waals surface area contributed by atoms with Crippen molar-refractivity contribution in [3.8, 4) is 11.3 Å². The third kappa shape index (κ3) is 3.26. The van der Waals surface area contributed by atoms with E-state index in [4.69, 9.17) is 9.72 Å². The zero-order valence-electron chi connectivity index (χ0n) is 17.9. The summed E-state index contributed by atoms with van der Waals surface area (Å²) in [6.07, 6.45) is 5.70. The van der Waals surface area contributed by atoms with E-state index < -0.39 is 0 Å². The van der Waals surface area contributed by atoms with Crippen molar-refractivity contribution < 1.29 is 9.53 Å². The van der Waals surface area contributed by atoms with Crippen LogP contribution in [0.3, 0.4) is 0 Å². The number of amides is 1. The predicted octanol–water partition coefficient (Wildman–Crippen LogP) is 3.13. The van der Waals surface area contributed by atoms with Gasteiger partial charge in [-0.15, -0.1) is 0 Å². The maximum atomic E-state index is 13.0. The Balaban J connectivity index is 1.40. The van der Waals surface area contributed by atoms with Gasteiger partial charge in [0, 0.05) is 45.3 Å². The van der Waals surface area contributed by atoms with E-state index in [1.54, 1.807) is 0 Å².